The van der Waals surface area contributed by atoms with Crippen molar-refractivity contribution >= 4 is 29.1 Å². The minimum Gasteiger partial charge on any atom is -0.507 e. The Balaban J connectivity index is 2.18. The van der Waals surface area contributed by atoms with E-state index in [4.69, 9.17) is 16.3 Å². The van der Waals surface area contributed by atoms with Crippen molar-refractivity contribution in [3.8, 4) is 11.5 Å². The Labute approximate surface area is 154 Å². The predicted molar refractivity (Wildman–Crippen MR) is 96.2 cm³/mol. The molecule has 2 aromatic carbocycles. The fourth-order valence-electron chi connectivity index (χ4n) is 2.97. The Bertz CT molecular complexity index is 920. The number of hydrogen-bond acceptors (Lipinski definition) is 5. The number of aromatic hydroxyl groups is 1. The Morgan fingerprint density at radius 3 is 2.42 bits per heavy atom. The van der Waals surface area contributed by atoms with Crippen LogP contribution in [0.3, 0.4) is 0 Å². The standard InChI is InChI=1S/C19H16ClNO5/c1-21-16(11-5-8-13(22)14(9-11)26-2)15(18(24)19(21)25)17(23)10-3-6-12(20)7-4-10/h3-9,16,22-23H,1-2H3/b17-15+. The maximum Gasteiger partial charge on any atom is 0.295 e. The van der Waals surface area contributed by atoms with Crippen LogP contribution in [0.25, 0.3) is 5.76 Å². The first-order valence-corrected chi connectivity index (χ1v) is 8.10. The van der Waals surface area contributed by atoms with Crippen molar-refractivity contribution in [1.29, 1.82) is 0 Å². The highest BCUT2D eigenvalue weighted by atomic mass is 35.5. The fraction of sp³-hybridized carbons (Fsp3) is 0.158. The van der Waals surface area contributed by atoms with Gasteiger partial charge in [0.05, 0.1) is 18.7 Å². The van der Waals surface area contributed by atoms with Crippen LogP contribution < -0.4 is 4.74 Å². The van der Waals surface area contributed by atoms with Gasteiger partial charge < -0.3 is 19.8 Å². The lowest BCUT2D eigenvalue weighted by Gasteiger charge is -2.21. The van der Waals surface area contributed by atoms with E-state index in [0.717, 1.165) is 0 Å². The second-order valence-corrected chi connectivity index (χ2v) is 6.28. The van der Waals surface area contributed by atoms with E-state index in [2.05, 4.69) is 0 Å². The molecule has 7 heteroatoms. The number of aliphatic hydroxyl groups excluding tert-OH is 1. The summed E-state index contributed by atoms with van der Waals surface area (Å²) >= 11 is 5.86. The number of likely N-dealkylation sites (N-methyl/N-ethyl adjacent to an activating group) is 1. The van der Waals surface area contributed by atoms with Gasteiger partial charge in [-0.25, -0.2) is 0 Å². The molecule has 1 unspecified atom stereocenters. The Kier molecular flexibility index (Phi) is 4.61. The second kappa shape index (κ2) is 6.72. The minimum atomic E-state index is -0.805. The first-order valence-electron chi connectivity index (χ1n) is 7.72. The van der Waals surface area contributed by atoms with Crippen LogP contribution >= 0.6 is 11.6 Å². The summed E-state index contributed by atoms with van der Waals surface area (Å²) in [6.07, 6.45) is 0. The first-order chi connectivity index (χ1) is 12.3. The molecule has 0 aromatic heterocycles. The number of methoxy groups -OCH3 is 1. The van der Waals surface area contributed by atoms with Crippen LogP contribution in [0.2, 0.25) is 5.02 Å². The molecule has 1 saturated heterocycles. The number of benzene rings is 2. The molecule has 3 rings (SSSR count). The van der Waals surface area contributed by atoms with Gasteiger partial charge in [-0.05, 0) is 42.0 Å². The minimum absolute atomic E-state index is 0.0347. The number of phenols is 1. The van der Waals surface area contributed by atoms with Gasteiger partial charge in [-0.2, -0.15) is 0 Å². The normalized spacial score (nSPS) is 19.0. The van der Waals surface area contributed by atoms with E-state index < -0.39 is 17.7 Å². The van der Waals surface area contributed by atoms with Gasteiger partial charge in [-0.3, -0.25) is 9.59 Å². The summed E-state index contributed by atoms with van der Waals surface area (Å²) in [6.45, 7) is 0. The van der Waals surface area contributed by atoms with Crippen molar-refractivity contribution in [2.75, 3.05) is 14.2 Å². The Hall–Kier alpha value is -2.99. The van der Waals surface area contributed by atoms with Crippen LogP contribution in [0.15, 0.2) is 48.0 Å². The molecule has 26 heavy (non-hydrogen) atoms. The van der Waals surface area contributed by atoms with E-state index >= 15 is 0 Å². The summed E-state index contributed by atoms with van der Waals surface area (Å²) in [7, 11) is 2.88. The number of amides is 1. The van der Waals surface area contributed by atoms with Crippen molar-refractivity contribution in [1.82, 2.24) is 4.90 Å². The number of likely N-dealkylation sites (tertiary alicyclic amines) is 1. The number of halogens is 1. The van der Waals surface area contributed by atoms with Crippen molar-refractivity contribution < 1.29 is 24.5 Å². The topological polar surface area (TPSA) is 87.1 Å². The third-order valence-electron chi connectivity index (χ3n) is 4.31. The highest BCUT2D eigenvalue weighted by Crippen LogP contribution is 2.40. The highest BCUT2D eigenvalue weighted by molar-refractivity contribution is 6.46. The largest absolute Gasteiger partial charge is 0.507 e. The maximum absolute atomic E-state index is 12.5. The smallest absolute Gasteiger partial charge is 0.295 e. The molecule has 1 amide bonds. The molecule has 6 nitrogen and oxygen atoms in total. The van der Waals surface area contributed by atoms with Crippen LogP contribution in [0, 0.1) is 0 Å². The van der Waals surface area contributed by atoms with Crippen LogP contribution in [0.1, 0.15) is 17.2 Å². The maximum atomic E-state index is 12.5. The number of nitrogens with zero attached hydrogens (tertiary/aromatic N) is 1. The van der Waals surface area contributed by atoms with Gasteiger partial charge in [0.1, 0.15) is 5.76 Å². The molecule has 1 aliphatic rings. The molecule has 1 atom stereocenters. The summed E-state index contributed by atoms with van der Waals surface area (Å²) in [4.78, 5) is 26.0. The number of ether oxygens (including phenoxy) is 1. The van der Waals surface area contributed by atoms with Gasteiger partial charge in [0.15, 0.2) is 11.5 Å². The summed E-state index contributed by atoms with van der Waals surface area (Å²) < 4.78 is 5.10. The van der Waals surface area contributed by atoms with E-state index in [1.54, 1.807) is 30.3 Å². The average Bonchev–Trinajstić information content (AvgIpc) is 2.86. The SMILES string of the molecule is COc1cc(C2/C(=C(\O)c3ccc(Cl)cc3)C(=O)C(=O)N2C)ccc1O. The number of rotatable bonds is 3. The molecule has 0 spiro atoms. The first kappa shape index (κ1) is 17.8. The number of hydrogen-bond donors (Lipinski definition) is 2. The number of aliphatic hydroxyl groups is 1. The highest BCUT2D eigenvalue weighted by Gasteiger charge is 2.44. The lowest BCUT2D eigenvalue weighted by Crippen LogP contribution is -2.24. The fourth-order valence-corrected chi connectivity index (χ4v) is 3.09. The van der Waals surface area contributed by atoms with Crippen molar-refractivity contribution in [3.05, 3.63) is 64.2 Å². The van der Waals surface area contributed by atoms with E-state index in [1.165, 1.54) is 31.2 Å². The van der Waals surface area contributed by atoms with E-state index in [0.29, 0.717) is 16.1 Å². The molecule has 0 aliphatic carbocycles. The lowest BCUT2D eigenvalue weighted by molar-refractivity contribution is -0.139. The molecule has 0 saturated carbocycles. The Morgan fingerprint density at radius 2 is 1.81 bits per heavy atom. The molecule has 1 aliphatic heterocycles. The Morgan fingerprint density at radius 1 is 1.15 bits per heavy atom. The van der Waals surface area contributed by atoms with Gasteiger partial charge in [0.25, 0.3) is 11.7 Å². The zero-order valence-electron chi connectivity index (χ0n) is 14.1. The predicted octanol–water partition coefficient (Wildman–Crippen LogP) is 3.11. The number of carbonyl (C=O) groups is 2. The van der Waals surface area contributed by atoms with Gasteiger partial charge in [-0.15, -0.1) is 0 Å². The third kappa shape index (κ3) is 2.88. The van der Waals surface area contributed by atoms with Crippen LogP contribution in [0.5, 0.6) is 11.5 Å². The zero-order valence-corrected chi connectivity index (χ0v) is 14.8. The number of Topliss-reactive ketones (excluding diaryl/α,β-unsaturated/α-hetero) is 1. The van der Waals surface area contributed by atoms with Gasteiger partial charge >= 0.3 is 0 Å². The molecule has 2 N–H and O–H groups in total. The third-order valence-corrected chi connectivity index (χ3v) is 4.56. The van der Waals surface area contributed by atoms with Gasteiger partial charge in [-0.1, -0.05) is 17.7 Å². The summed E-state index contributed by atoms with van der Waals surface area (Å²) in [5, 5.41) is 21.0. The molecule has 134 valence electrons. The number of ketones is 1. The summed E-state index contributed by atoms with van der Waals surface area (Å²) in [5.74, 6) is -1.66. The number of carbonyl (C=O) groups excluding carboxylic acids is 2. The van der Waals surface area contributed by atoms with Crippen molar-refractivity contribution in [3.63, 3.8) is 0 Å². The molecule has 1 fully saturated rings. The summed E-state index contributed by atoms with van der Waals surface area (Å²) in [5.41, 5.74) is 0.862. The van der Waals surface area contributed by atoms with E-state index in [9.17, 15) is 19.8 Å². The van der Waals surface area contributed by atoms with Gasteiger partial charge in [0.2, 0.25) is 0 Å². The second-order valence-electron chi connectivity index (χ2n) is 5.85. The molecular formula is C19H16ClNO5. The van der Waals surface area contributed by atoms with Crippen LogP contribution in [-0.4, -0.2) is 41.0 Å². The molecular weight excluding hydrogens is 358 g/mol. The zero-order chi connectivity index (χ0) is 19.0. The summed E-state index contributed by atoms with van der Waals surface area (Å²) in [6, 6.07) is 9.99. The van der Waals surface area contributed by atoms with Crippen molar-refractivity contribution in [2.24, 2.45) is 0 Å². The molecule has 1 heterocycles. The number of phenolic OH excluding ortho intramolecular Hbond substituents is 1. The van der Waals surface area contributed by atoms with E-state index in [-0.39, 0.29) is 22.8 Å². The lowest BCUT2D eigenvalue weighted by atomic mass is 9.95. The van der Waals surface area contributed by atoms with E-state index in [1.807, 2.05) is 0 Å². The van der Waals surface area contributed by atoms with Crippen molar-refractivity contribution in [2.45, 2.75) is 6.04 Å². The van der Waals surface area contributed by atoms with Gasteiger partial charge in [0, 0.05) is 17.6 Å². The van der Waals surface area contributed by atoms with Crippen LogP contribution in [0.4, 0.5) is 0 Å². The average molecular weight is 374 g/mol. The molecule has 0 radical (unpaired) electrons. The molecule has 0 bridgehead atoms. The quantitative estimate of drug-likeness (QED) is 0.490. The van der Waals surface area contributed by atoms with Crippen LogP contribution in [-0.2, 0) is 9.59 Å². The molecule has 2 aromatic rings. The monoisotopic (exact) mass is 373 g/mol.